The number of hydrogen-bond acceptors (Lipinski definition) is 5. The lowest BCUT2D eigenvalue weighted by atomic mass is 10.2. The van der Waals surface area contributed by atoms with Crippen LogP contribution in [0, 0.1) is 6.92 Å². The average Bonchev–Trinajstić information content (AvgIpc) is 2.66. The van der Waals surface area contributed by atoms with Gasteiger partial charge < -0.3 is 14.8 Å². The third-order valence-electron chi connectivity index (χ3n) is 3.77. The first-order chi connectivity index (χ1) is 13.4. The van der Waals surface area contributed by atoms with Crippen LogP contribution in [-0.2, 0) is 14.8 Å². The molecule has 0 atom stereocenters. The van der Waals surface area contributed by atoms with Crippen molar-refractivity contribution in [2.75, 3.05) is 26.3 Å². The van der Waals surface area contributed by atoms with Gasteiger partial charge in [-0.1, -0.05) is 12.1 Å². The van der Waals surface area contributed by atoms with E-state index in [-0.39, 0.29) is 23.8 Å². The Morgan fingerprint density at radius 1 is 1.00 bits per heavy atom. The Morgan fingerprint density at radius 2 is 1.75 bits per heavy atom. The molecule has 152 valence electrons. The lowest BCUT2D eigenvalue weighted by molar-refractivity contribution is -0.121. The fourth-order valence-electron chi connectivity index (χ4n) is 2.42. The van der Waals surface area contributed by atoms with Crippen LogP contribution in [0.25, 0.3) is 0 Å². The average molecular weight is 407 g/mol. The van der Waals surface area contributed by atoms with Crippen LogP contribution in [0.3, 0.4) is 0 Å². The maximum Gasteiger partial charge on any atom is 0.240 e. The first kappa shape index (κ1) is 21.7. The Bertz CT molecular complexity index is 866. The number of rotatable bonds is 11. The van der Waals surface area contributed by atoms with Gasteiger partial charge >= 0.3 is 0 Å². The Balaban J connectivity index is 1.67. The van der Waals surface area contributed by atoms with Gasteiger partial charge in [0.2, 0.25) is 15.9 Å². The molecule has 1 amide bonds. The number of hydrogen-bond donors (Lipinski definition) is 2. The summed E-state index contributed by atoms with van der Waals surface area (Å²) in [4.78, 5) is 12.0. The standard InChI is InChI=1S/C20H26N2O5S/c1-3-26-17-7-9-19(10-8-17)28(24,25)22-12-11-20(23)21-13-14-27-18-6-4-5-16(2)15-18/h4-10,15,22H,3,11-14H2,1-2H3,(H,21,23). The van der Waals surface area contributed by atoms with Gasteiger partial charge in [-0.2, -0.15) is 0 Å². The van der Waals surface area contributed by atoms with E-state index < -0.39 is 10.0 Å². The van der Waals surface area contributed by atoms with Crippen molar-refractivity contribution in [2.45, 2.75) is 25.2 Å². The van der Waals surface area contributed by atoms with Crippen LogP contribution in [0.5, 0.6) is 11.5 Å². The predicted octanol–water partition coefficient (Wildman–Crippen LogP) is 2.26. The highest BCUT2D eigenvalue weighted by atomic mass is 32.2. The van der Waals surface area contributed by atoms with E-state index in [0.29, 0.717) is 25.5 Å². The zero-order chi connectivity index (χ0) is 20.4. The van der Waals surface area contributed by atoms with Crippen molar-refractivity contribution in [1.82, 2.24) is 10.0 Å². The van der Waals surface area contributed by atoms with Crippen LogP contribution in [0.4, 0.5) is 0 Å². The number of benzene rings is 2. The summed E-state index contributed by atoms with van der Waals surface area (Å²) in [6, 6.07) is 13.8. The van der Waals surface area contributed by atoms with E-state index in [2.05, 4.69) is 10.0 Å². The van der Waals surface area contributed by atoms with Crippen molar-refractivity contribution in [1.29, 1.82) is 0 Å². The van der Waals surface area contributed by atoms with Gasteiger partial charge in [-0.15, -0.1) is 0 Å². The molecule has 2 aromatic carbocycles. The first-order valence-corrected chi connectivity index (χ1v) is 10.6. The van der Waals surface area contributed by atoms with Gasteiger partial charge in [-0.25, -0.2) is 13.1 Å². The van der Waals surface area contributed by atoms with E-state index in [0.717, 1.165) is 11.3 Å². The molecule has 0 spiro atoms. The molecule has 0 radical (unpaired) electrons. The molecule has 0 aliphatic heterocycles. The second-order valence-electron chi connectivity index (χ2n) is 6.07. The minimum atomic E-state index is -3.66. The lowest BCUT2D eigenvalue weighted by Gasteiger charge is -2.09. The summed E-state index contributed by atoms with van der Waals surface area (Å²) in [5, 5.41) is 2.70. The monoisotopic (exact) mass is 406 g/mol. The second kappa shape index (κ2) is 10.7. The molecule has 0 saturated carbocycles. The van der Waals surface area contributed by atoms with E-state index in [1.165, 1.54) is 12.1 Å². The van der Waals surface area contributed by atoms with E-state index in [9.17, 15) is 13.2 Å². The quantitative estimate of drug-likeness (QED) is 0.558. The summed E-state index contributed by atoms with van der Waals surface area (Å²) >= 11 is 0. The molecule has 2 rings (SSSR count). The summed E-state index contributed by atoms with van der Waals surface area (Å²) in [5.41, 5.74) is 1.10. The van der Waals surface area contributed by atoms with Gasteiger partial charge in [0, 0.05) is 13.0 Å². The minimum Gasteiger partial charge on any atom is -0.494 e. The normalized spacial score (nSPS) is 11.1. The Labute approximate surface area is 166 Å². The van der Waals surface area contributed by atoms with Gasteiger partial charge in [-0.05, 0) is 55.8 Å². The fourth-order valence-corrected chi connectivity index (χ4v) is 3.45. The highest BCUT2D eigenvalue weighted by molar-refractivity contribution is 7.89. The predicted molar refractivity (Wildman–Crippen MR) is 107 cm³/mol. The number of nitrogens with one attached hydrogen (secondary N) is 2. The molecule has 0 aromatic heterocycles. The Morgan fingerprint density at radius 3 is 2.43 bits per heavy atom. The smallest absolute Gasteiger partial charge is 0.240 e. The summed E-state index contributed by atoms with van der Waals surface area (Å²) in [6.45, 7) is 5.04. The molecular weight excluding hydrogens is 380 g/mol. The van der Waals surface area contributed by atoms with Crippen LogP contribution in [-0.4, -0.2) is 40.6 Å². The van der Waals surface area contributed by atoms with E-state index in [4.69, 9.17) is 9.47 Å². The van der Waals surface area contributed by atoms with E-state index in [1.54, 1.807) is 12.1 Å². The van der Waals surface area contributed by atoms with Crippen LogP contribution < -0.4 is 19.5 Å². The van der Waals surface area contributed by atoms with Crippen molar-refractivity contribution in [3.05, 3.63) is 54.1 Å². The molecule has 7 nitrogen and oxygen atoms in total. The number of amides is 1. The van der Waals surface area contributed by atoms with Crippen LogP contribution >= 0.6 is 0 Å². The molecule has 0 unspecified atom stereocenters. The zero-order valence-corrected chi connectivity index (χ0v) is 16.9. The maximum atomic E-state index is 12.2. The van der Waals surface area contributed by atoms with Crippen molar-refractivity contribution in [3.8, 4) is 11.5 Å². The number of carbonyl (C=O) groups is 1. The van der Waals surface area contributed by atoms with Crippen molar-refractivity contribution < 1.29 is 22.7 Å². The topological polar surface area (TPSA) is 93.7 Å². The van der Waals surface area contributed by atoms with Crippen molar-refractivity contribution >= 4 is 15.9 Å². The number of ether oxygens (including phenoxy) is 2. The summed E-state index contributed by atoms with van der Waals surface area (Å²) in [6.07, 6.45) is 0.0424. The molecule has 0 aliphatic carbocycles. The second-order valence-corrected chi connectivity index (χ2v) is 7.83. The molecule has 8 heteroatoms. The van der Waals surface area contributed by atoms with Crippen LogP contribution in [0.1, 0.15) is 18.9 Å². The third-order valence-corrected chi connectivity index (χ3v) is 5.25. The fraction of sp³-hybridized carbons (Fsp3) is 0.350. The Hall–Kier alpha value is -2.58. The molecule has 2 aromatic rings. The molecule has 0 bridgehead atoms. The lowest BCUT2D eigenvalue weighted by Crippen LogP contribution is -2.32. The molecule has 0 saturated heterocycles. The zero-order valence-electron chi connectivity index (χ0n) is 16.1. The summed E-state index contributed by atoms with van der Waals surface area (Å²) in [7, 11) is -3.66. The largest absolute Gasteiger partial charge is 0.494 e. The first-order valence-electron chi connectivity index (χ1n) is 9.09. The van der Waals surface area contributed by atoms with Crippen LogP contribution in [0.15, 0.2) is 53.4 Å². The Kier molecular flexibility index (Phi) is 8.28. The van der Waals surface area contributed by atoms with Crippen LogP contribution in [0.2, 0.25) is 0 Å². The number of carbonyl (C=O) groups excluding carboxylic acids is 1. The van der Waals surface area contributed by atoms with Gasteiger partial charge in [0.05, 0.1) is 18.0 Å². The van der Waals surface area contributed by atoms with Crippen molar-refractivity contribution in [2.24, 2.45) is 0 Å². The van der Waals surface area contributed by atoms with Gasteiger partial charge in [0.15, 0.2) is 0 Å². The highest BCUT2D eigenvalue weighted by Gasteiger charge is 2.14. The third kappa shape index (κ3) is 7.21. The number of sulfonamides is 1. The molecule has 0 fully saturated rings. The minimum absolute atomic E-state index is 0.0140. The SMILES string of the molecule is CCOc1ccc(S(=O)(=O)NCCC(=O)NCCOc2cccc(C)c2)cc1. The van der Waals surface area contributed by atoms with E-state index >= 15 is 0 Å². The summed E-state index contributed by atoms with van der Waals surface area (Å²) in [5.74, 6) is 1.10. The van der Waals surface area contributed by atoms with Gasteiger partial charge in [0.25, 0.3) is 0 Å². The highest BCUT2D eigenvalue weighted by Crippen LogP contribution is 2.15. The summed E-state index contributed by atoms with van der Waals surface area (Å²) < 4.78 is 37.7. The van der Waals surface area contributed by atoms with E-state index in [1.807, 2.05) is 38.1 Å². The molecule has 2 N–H and O–H groups in total. The molecule has 28 heavy (non-hydrogen) atoms. The molecular formula is C20H26N2O5S. The molecule has 0 heterocycles. The van der Waals surface area contributed by atoms with Gasteiger partial charge in [0.1, 0.15) is 18.1 Å². The van der Waals surface area contributed by atoms with Gasteiger partial charge in [-0.3, -0.25) is 4.79 Å². The number of aryl methyl sites for hydroxylation is 1. The maximum absolute atomic E-state index is 12.2. The van der Waals surface area contributed by atoms with Crippen molar-refractivity contribution in [3.63, 3.8) is 0 Å². The molecule has 0 aliphatic rings.